The molecule has 10 heteroatoms. The number of ether oxygens (including phenoxy) is 2. The number of hydrogen-bond acceptors (Lipinski definition) is 6. The van der Waals surface area contributed by atoms with Crippen LogP contribution in [0.2, 0.25) is 10.0 Å². The topological polar surface area (TPSA) is 108 Å². The van der Waals surface area contributed by atoms with Crippen LogP contribution in [0, 0.1) is 6.92 Å². The number of carboxylic acids is 2. The van der Waals surface area contributed by atoms with Crippen molar-refractivity contribution in [3.05, 3.63) is 87.4 Å². The van der Waals surface area contributed by atoms with E-state index in [1.165, 1.54) is 19.3 Å². The van der Waals surface area contributed by atoms with E-state index >= 15 is 0 Å². The molecule has 178 valence electrons. The van der Waals surface area contributed by atoms with Crippen molar-refractivity contribution in [3.8, 4) is 11.5 Å². The Hall–Kier alpha value is -2.68. The van der Waals surface area contributed by atoms with Crippen LogP contribution < -0.4 is 49.5 Å². The van der Waals surface area contributed by atoms with Crippen molar-refractivity contribution in [2.75, 3.05) is 19.5 Å². The minimum absolute atomic E-state index is 0. The molecule has 3 aromatic carbocycles. The summed E-state index contributed by atoms with van der Waals surface area (Å²) in [4.78, 5) is 21.3. The Morgan fingerprint density at radius 3 is 2.26 bits per heavy atom. The van der Waals surface area contributed by atoms with Gasteiger partial charge >= 0.3 is 35.5 Å². The predicted molar refractivity (Wildman–Crippen MR) is 131 cm³/mol. The first kappa shape index (κ1) is 30.4. The minimum Gasteiger partial charge on any atom is -0.545 e. The molecule has 3 rings (SSSR count). The maximum Gasteiger partial charge on any atom is 1.00 e. The van der Waals surface area contributed by atoms with E-state index in [-0.39, 0.29) is 35.1 Å². The largest absolute Gasteiger partial charge is 1.00 e. The Labute approximate surface area is 235 Å². The van der Waals surface area contributed by atoms with Gasteiger partial charge in [-0.2, -0.15) is 0 Å². The maximum atomic E-state index is 11.0. The van der Waals surface area contributed by atoms with Crippen molar-refractivity contribution >= 4 is 52.6 Å². The van der Waals surface area contributed by atoms with E-state index in [9.17, 15) is 14.7 Å². The molecule has 2 N–H and O–H groups in total. The van der Waals surface area contributed by atoms with Gasteiger partial charge in [0.2, 0.25) is 0 Å². The van der Waals surface area contributed by atoms with Crippen LogP contribution in [0.1, 0.15) is 21.5 Å². The van der Waals surface area contributed by atoms with Crippen molar-refractivity contribution in [1.29, 1.82) is 0 Å². The fraction of sp³-hybridized carbons (Fsp3) is 0.120. The number of hydrogen-bond donors (Lipinski definition) is 2. The normalized spacial score (nSPS) is 9.97. The van der Waals surface area contributed by atoms with Crippen LogP contribution in [0.3, 0.4) is 0 Å². The molecule has 7 nitrogen and oxygen atoms in total. The van der Waals surface area contributed by atoms with Crippen molar-refractivity contribution < 1.29 is 58.8 Å². The molecule has 0 aromatic heterocycles. The SMILES string of the molecule is COc1ccc(C=CC(=O)O)cc1OC.Cc1ccc(Cl)c(Nc2ccccc2C(=O)[O-])c1Cl.[Na+]. The second-order valence-corrected chi connectivity index (χ2v) is 7.58. The Morgan fingerprint density at radius 2 is 1.66 bits per heavy atom. The number of rotatable bonds is 7. The number of aryl methyl sites for hydroxylation is 1. The molecule has 0 amide bonds. The van der Waals surface area contributed by atoms with Crippen molar-refractivity contribution in [2.24, 2.45) is 0 Å². The third-order valence-corrected chi connectivity index (χ3v) is 5.32. The molecule has 0 bridgehead atoms. The number of benzene rings is 3. The summed E-state index contributed by atoms with van der Waals surface area (Å²) in [5, 5.41) is 23.3. The van der Waals surface area contributed by atoms with Crippen molar-refractivity contribution in [2.45, 2.75) is 6.92 Å². The van der Waals surface area contributed by atoms with Crippen LogP contribution in [0.15, 0.2) is 60.7 Å². The van der Waals surface area contributed by atoms with Crippen LogP contribution in [0.4, 0.5) is 11.4 Å². The first-order valence-electron chi connectivity index (χ1n) is 9.83. The van der Waals surface area contributed by atoms with E-state index in [0.29, 0.717) is 32.9 Å². The number of nitrogens with one attached hydrogen (secondary N) is 1. The quantitative estimate of drug-likeness (QED) is 0.359. The molecule has 0 heterocycles. The van der Waals surface area contributed by atoms with Gasteiger partial charge in [0.05, 0.1) is 35.9 Å². The Morgan fingerprint density at radius 1 is 1.00 bits per heavy atom. The van der Waals surface area contributed by atoms with Gasteiger partial charge in [-0.05, 0) is 48.4 Å². The Kier molecular flexibility index (Phi) is 12.7. The summed E-state index contributed by atoms with van der Waals surface area (Å²) in [5.41, 5.74) is 2.51. The van der Waals surface area contributed by atoms with Gasteiger partial charge in [-0.1, -0.05) is 53.5 Å². The predicted octanol–water partition coefficient (Wildman–Crippen LogP) is 2.21. The zero-order chi connectivity index (χ0) is 25.3. The molecule has 0 saturated carbocycles. The van der Waals surface area contributed by atoms with Gasteiger partial charge in [0, 0.05) is 17.3 Å². The van der Waals surface area contributed by atoms with Gasteiger partial charge in [-0.15, -0.1) is 0 Å². The molecule has 0 fully saturated rings. The van der Waals surface area contributed by atoms with E-state index in [0.717, 1.165) is 17.2 Å². The second-order valence-electron chi connectivity index (χ2n) is 6.80. The van der Waals surface area contributed by atoms with Crippen molar-refractivity contribution in [3.63, 3.8) is 0 Å². The molecule has 0 saturated heterocycles. The number of halogens is 2. The van der Waals surface area contributed by atoms with E-state index in [2.05, 4.69) is 5.32 Å². The molecule has 0 aliphatic rings. The average molecular weight is 526 g/mol. The first-order chi connectivity index (χ1) is 16.2. The van der Waals surface area contributed by atoms with E-state index in [1.54, 1.807) is 55.6 Å². The summed E-state index contributed by atoms with van der Waals surface area (Å²) >= 11 is 12.2. The summed E-state index contributed by atoms with van der Waals surface area (Å²) in [6.45, 7) is 1.84. The van der Waals surface area contributed by atoms with Crippen LogP contribution in [0.5, 0.6) is 11.5 Å². The minimum atomic E-state index is -1.26. The Bertz CT molecular complexity index is 1220. The summed E-state index contributed by atoms with van der Waals surface area (Å²) < 4.78 is 10.1. The average Bonchev–Trinajstić information content (AvgIpc) is 2.83. The van der Waals surface area contributed by atoms with Crippen LogP contribution in [-0.4, -0.2) is 31.3 Å². The van der Waals surface area contributed by atoms with Crippen LogP contribution in [0.25, 0.3) is 6.08 Å². The van der Waals surface area contributed by atoms with Gasteiger partial charge in [0.25, 0.3) is 0 Å². The van der Waals surface area contributed by atoms with Crippen LogP contribution in [-0.2, 0) is 4.79 Å². The van der Waals surface area contributed by atoms with Gasteiger partial charge in [-0.25, -0.2) is 4.79 Å². The number of para-hydroxylation sites is 1. The molecule has 0 aliphatic carbocycles. The van der Waals surface area contributed by atoms with E-state index in [4.69, 9.17) is 37.8 Å². The molecular weight excluding hydrogens is 504 g/mol. The summed E-state index contributed by atoms with van der Waals surface area (Å²) in [5.74, 6) is -1.05. The molecule has 0 spiro atoms. The van der Waals surface area contributed by atoms with Crippen molar-refractivity contribution in [1.82, 2.24) is 0 Å². The van der Waals surface area contributed by atoms with Crippen LogP contribution >= 0.6 is 23.2 Å². The maximum absolute atomic E-state index is 11.0. The third kappa shape index (κ3) is 8.80. The molecule has 35 heavy (non-hydrogen) atoms. The fourth-order valence-corrected chi connectivity index (χ4v) is 3.27. The number of aliphatic carboxylic acids is 1. The monoisotopic (exact) mass is 525 g/mol. The summed E-state index contributed by atoms with van der Waals surface area (Å²) in [6.07, 6.45) is 2.56. The number of methoxy groups -OCH3 is 2. The third-order valence-electron chi connectivity index (χ3n) is 4.52. The number of carbonyl (C=O) groups is 2. The fourth-order valence-electron chi connectivity index (χ4n) is 2.80. The number of anilines is 2. The molecular formula is C25H22Cl2NNaO6. The number of carboxylic acid groups (broad SMARTS) is 2. The smallest absolute Gasteiger partial charge is 0.545 e. The molecule has 0 unspecified atom stereocenters. The van der Waals surface area contributed by atoms with Gasteiger partial charge < -0.3 is 29.8 Å². The first-order valence-corrected chi connectivity index (χ1v) is 10.6. The van der Waals surface area contributed by atoms with Gasteiger partial charge in [0.1, 0.15) is 0 Å². The van der Waals surface area contributed by atoms with Gasteiger partial charge in [-0.3, -0.25) is 0 Å². The van der Waals surface area contributed by atoms with E-state index < -0.39 is 11.9 Å². The molecule has 0 atom stereocenters. The zero-order valence-electron chi connectivity index (χ0n) is 19.6. The Balaban J connectivity index is 0.000000350. The number of carbonyl (C=O) groups excluding carboxylic acids is 1. The standard InChI is InChI=1S/C14H11Cl2NO2.C11H12O4.Na/c1-8-6-7-10(15)13(12(8)16)17-11-5-3-2-4-9(11)14(18)19;1-14-9-5-3-8(4-6-11(12)13)7-10(9)15-2;/h2-7,17H,1H3,(H,18,19);3-7H,1-2H3,(H,12,13);/q;;+1/p-1. The molecule has 0 aliphatic heterocycles. The molecule has 3 aromatic rings. The van der Waals surface area contributed by atoms with E-state index in [1.807, 2.05) is 6.92 Å². The second kappa shape index (κ2) is 14.7. The number of aromatic carboxylic acids is 1. The summed E-state index contributed by atoms with van der Waals surface area (Å²) in [6, 6.07) is 15.1. The molecule has 0 radical (unpaired) electrons. The zero-order valence-corrected chi connectivity index (χ0v) is 23.1. The summed E-state index contributed by atoms with van der Waals surface area (Å²) in [7, 11) is 3.08. The van der Waals surface area contributed by atoms with Gasteiger partial charge in [0.15, 0.2) is 11.5 Å².